The van der Waals surface area contributed by atoms with Gasteiger partial charge < -0.3 is 4.57 Å². The highest BCUT2D eigenvalue weighted by Gasteiger charge is 2.04. The molecule has 2 heterocycles. The fraction of sp³-hybridized carbons (Fsp3) is 0.167. The summed E-state index contributed by atoms with van der Waals surface area (Å²) in [7, 11) is 3.09. The zero-order valence-electron chi connectivity index (χ0n) is 13.3. The molecule has 0 aliphatic rings. The molecule has 0 atom stereocenters. The molecule has 0 saturated carbocycles. The Morgan fingerprint density at radius 3 is 2.61 bits per heavy atom. The van der Waals surface area contributed by atoms with Gasteiger partial charge in [-0.15, -0.1) is 0 Å². The summed E-state index contributed by atoms with van der Waals surface area (Å²) in [5, 5.41) is 1.08. The molecule has 0 aliphatic carbocycles. The number of nitrogens with zero attached hydrogens (tertiary/aromatic N) is 3. The van der Waals surface area contributed by atoms with Crippen molar-refractivity contribution in [1.29, 1.82) is 0 Å². The van der Waals surface area contributed by atoms with Crippen LogP contribution >= 0.6 is 0 Å². The molecule has 0 saturated heterocycles. The van der Waals surface area contributed by atoms with E-state index < -0.39 is 0 Å². The van der Waals surface area contributed by atoms with Crippen molar-refractivity contribution in [2.75, 3.05) is 0 Å². The van der Waals surface area contributed by atoms with E-state index in [0.29, 0.717) is 5.56 Å². The molecule has 5 heteroatoms. The lowest BCUT2D eigenvalue weighted by molar-refractivity contribution is 0.683. The number of pyridine rings is 1. The molecule has 0 N–H and O–H groups in total. The molecule has 23 heavy (non-hydrogen) atoms. The highest BCUT2D eigenvalue weighted by Crippen LogP contribution is 2.15. The van der Waals surface area contributed by atoms with Gasteiger partial charge in [0.2, 0.25) is 0 Å². The minimum Gasteiger partial charge on any atom is -0.303 e. The SMILES string of the molecule is Cc1ccc2nc(/C=C/c3cn(C)c(=O)n(C)c3=O)ccc2c1. The molecule has 2 aromatic heterocycles. The molecular formula is C18H17N3O2. The molecule has 5 nitrogen and oxygen atoms in total. The molecule has 0 fully saturated rings. The molecule has 3 aromatic rings. The van der Waals surface area contributed by atoms with Crippen LogP contribution in [0.5, 0.6) is 0 Å². The Kier molecular flexibility index (Phi) is 3.70. The summed E-state index contributed by atoms with van der Waals surface area (Å²) in [4.78, 5) is 28.3. The van der Waals surface area contributed by atoms with Gasteiger partial charge in [-0.25, -0.2) is 9.78 Å². The van der Waals surface area contributed by atoms with Crippen LogP contribution in [0.2, 0.25) is 0 Å². The number of rotatable bonds is 2. The lowest BCUT2D eigenvalue weighted by Crippen LogP contribution is -2.37. The van der Waals surface area contributed by atoms with Crippen molar-refractivity contribution in [3.63, 3.8) is 0 Å². The van der Waals surface area contributed by atoms with Gasteiger partial charge in [0, 0.05) is 25.7 Å². The first-order valence-corrected chi connectivity index (χ1v) is 7.28. The summed E-state index contributed by atoms with van der Waals surface area (Å²) in [6.07, 6.45) is 5.00. The number of hydrogen-bond acceptors (Lipinski definition) is 3. The van der Waals surface area contributed by atoms with E-state index in [2.05, 4.69) is 11.1 Å². The normalized spacial score (nSPS) is 11.4. The van der Waals surface area contributed by atoms with Gasteiger partial charge >= 0.3 is 5.69 Å². The summed E-state index contributed by atoms with van der Waals surface area (Å²) in [6.45, 7) is 2.04. The van der Waals surface area contributed by atoms with E-state index in [-0.39, 0.29) is 11.2 Å². The Hall–Kier alpha value is -2.95. The quantitative estimate of drug-likeness (QED) is 0.728. The number of aromatic nitrogens is 3. The van der Waals surface area contributed by atoms with E-state index in [4.69, 9.17) is 0 Å². The lowest BCUT2D eigenvalue weighted by Gasteiger charge is -2.03. The molecule has 3 rings (SSSR count). The smallest absolute Gasteiger partial charge is 0.303 e. The number of aryl methyl sites for hydroxylation is 2. The Bertz CT molecular complexity index is 1040. The van der Waals surface area contributed by atoms with E-state index in [0.717, 1.165) is 21.2 Å². The first-order valence-electron chi connectivity index (χ1n) is 7.28. The zero-order valence-corrected chi connectivity index (χ0v) is 13.3. The topological polar surface area (TPSA) is 56.9 Å². The van der Waals surface area contributed by atoms with Gasteiger partial charge in [-0.1, -0.05) is 17.7 Å². The summed E-state index contributed by atoms with van der Waals surface area (Å²) < 4.78 is 2.48. The van der Waals surface area contributed by atoms with Gasteiger partial charge in [0.05, 0.1) is 16.8 Å². The van der Waals surface area contributed by atoms with Crippen molar-refractivity contribution in [2.45, 2.75) is 6.92 Å². The highest BCUT2D eigenvalue weighted by atomic mass is 16.2. The molecule has 1 aromatic carbocycles. The molecule has 0 radical (unpaired) electrons. The van der Waals surface area contributed by atoms with Crippen LogP contribution in [0.25, 0.3) is 23.1 Å². The Labute approximate surface area is 133 Å². The van der Waals surface area contributed by atoms with Crippen LogP contribution in [-0.4, -0.2) is 14.1 Å². The maximum absolute atomic E-state index is 12.1. The molecule has 0 amide bonds. The van der Waals surface area contributed by atoms with Gasteiger partial charge in [-0.3, -0.25) is 9.36 Å². The third-order valence-electron chi connectivity index (χ3n) is 3.77. The molecule has 0 bridgehead atoms. The second-order valence-corrected chi connectivity index (χ2v) is 5.61. The first kappa shape index (κ1) is 15.0. The fourth-order valence-corrected chi connectivity index (χ4v) is 2.48. The largest absolute Gasteiger partial charge is 0.330 e. The number of hydrogen-bond donors (Lipinski definition) is 0. The van der Waals surface area contributed by atoms with Gasteiger partial charge in [-0.2, -0.15) is 0 Å². The highest BCUT2D eigenvalue weighted by molar-refractivity contribution is 5.81. The molecule has 0 spiro atoms. The summed E-state index contributed by atoms with van der Waals surface area (Å²) >= 11 is 0. The van der Waals surface area contributed by atoms with Crippen molar-refractivity contribution in [3.05, 3.63) is 74.2 Å². The van der Waals surface area contributed by atoms with Crippen LogP contribution < -0.4 is 11.2 Å². The minimum atomic E-state index is -0.341. The number of fused-ring (bicyclic) bond motifs is 1. The van der Waals surface area contributed by atoms with Gasteiger partial charge in [0.1, 0.15) is 0 Å². The van der Waals surface area contributed by atoms with Crippen LogP contribution in [0.15, 0.2) is 46.1 Å². The average Bonchev–Trinajstić information content (AvgIpc) is 2.55. The predicted octanol–water partition coefficient (Wildman–Crippen LogP) is 2.11. The van der Waals surface area contributed by atoms with Crippen LogP contribution in [0.1, 0.15) is 16.8 Å². The monoisotopic (exact) mass is 307 g/mol. The van der Waals surface area contributed by atoms with E-state index >= 15 is 0 Å². The summed E-state index contributed by atoms with van der Waals surface area (Å²) in [5.41, 5.74) is 2.65. The van der Waals surface area contributed by atoms with Crippen molar-refractivity contribution < 1.29 is 0 Å². The Balaban J connectivity index is 2.02. The van der Waals surface area contributed by atoms with Crippen LogP contribution in [0, 0.1) is 6.92 Å². The summed E-state index contributed by atoms with van der Waals surface area (Å²) in [5.74, 6) is 0. The van der Waals surface area contributed by atoms with Gasteiger partial charge in [-0.05, 0) is 37.3 Å². The standard InChI is InChI=1S/C18H17N3O2/c1-12-4-9-16-13(10-12)5-7-15(19-16)8-6-14-11-20(2)18(23)21(3)17(14)22/h4-11H,1-3H3/b8-6+. The van der Waals surface area contributed by atoms with E-state index in [9.17, 15) is 9.59 Å². The van der Waals surface area contributed by atoms with Crippen LogP contribution in [0.4, 0.5) is 0 Å². The van der Waals surface area contributed by atoms with E-state index in [1.54, 1.807) is 19.2 Å². The van der Waals surface area contributed by atoms with E-state index in [1.165, 1.54) is 23.4 Å². The fourth-order valence-electron chi connectivity index (χ4n) is 2.48. The third-order valence-corrected chi connectivity index (χ3v) is 3.77. The Morgan fingerprint density at radius 2 is 1.83 bits per heavy atom. The second-order valence-electron chi connectivity index (χ2n) is 5.61. The van der Waals surface area contributed by atoms with Crippen molar-refractivity contribution in [1.82, 2.24) is 14.1 Å². The summed E-state index contributed by atoms with van der Waals surface area (Å²) in [6, 6.07) is 10.00. The molecular weight excluding hydrogens is 290 g/mol. The molecule has 0 unspecified atom stereocenters. The third kappa shape index (κ3) is 2.85. The molecule has 116 valence electrons. The average molecular weight is 307 g/mol. The Morgan fingerprint density at radius 1 is 1.04 bits per heavy atom. The lowest BCUT2D eigenvalue weighted by atomic mass is 10.1. The van der Waals surface area contributed by atoms with Crippen molar-refractivity contribution in [3.8, 4) is 0 Å². The second kappa shape index (κ2) is 5.68. The molecule has 0 aliphatic heterocycles. The van der Waals surface area contributed by atoms with Gasteiger partial charge in [0.25, 0.3) is 5.56 Å². The van der Waals surface area contributed by atoms with Gasteiger partial charge in [0.15, 0.2) is 0 Å². The minimum absolute atomic E-state index is 0.319. The maximum Gasteiger partial charge on any atom is 0.330 e. The van der Waals surface area contributed by atoms with Crippen LogP contribution in [-0.2, 0) is 14.1 Å². The maximum atomic E-state index is 12.1. The van der Waals surface area contributed by atoms with E-state index in [1.807, 2.05) is 31.2 Å². The zero-order chi connectivity index (χ0) is 16.6. The van der Waals surface area contributed by atoms with Crippen LogP contribution in [0.3, 0.4) is 0 Å². The predicted molar refractivity (Wildman–Crippen MR) is 92.3 cm³/mol. The first-order chi connectivity index (χ1) is 11.0. The number of benzene rings is 1. The van der Waals surface area contributed by atoms with Crippen molar-refractivity contribution >= 4 is 23.1 Å². The van der Waals surface area contributed by atoms with Crippen molar-refractivity contribution in [2.24, 2.45) is 14.1 Å².